The Morgan fingerprint density at radius 3 is 2.69 bits per heavy atom. The molecule has 0 bridgehead atoms. The fraction of sp³-hybridized carbons (Fsp3) is 0.318. The van der Waals surface area contributed by atoms with Gasteiger partial charge in [0, 0.05) is 42.7 Å². The topological polar surface area (TPSA) is 87.5 Å². The number of hydrogen-bond acceptors (Lipinski definition) is 4. The first-order valence-electron chi connectivity index (χ1n) is 9.79. The number of aromatic nitrogens is 1. The minimum absolute atomic E-state index is 0.154. The normalized spacial score (nSPS) is 14.8. The highest BCUT2D eigenvalue weighted by atomic mass is 16.5. The lowest BCUT2D eigenvalue weighted by Crippen LogP contribution is -2.40. The fourth-order valence-corrected chi connectivity index (χ4v) is 3.80. The number of amides is 3. The maximum atomic E-state index is 12.6. The van der Waals surface area contributed by atoms with Gasteiger partial charge >= 0.3 is 6.03 Å². The molecule has 3 amide bonds. The van der Waals surface area contributed by atoms with Crippen LogP contribution in [-0.4, -0.2) is 42.1 Å². The average Bonchev–Trinajstić information content (AvgIpc) is 3.16. The number of carbonyl (C=O) groups is 2. The van der Waals surface area contributed by atoms with Gasteiger partial charge < -0.3 is 20.1 Å². The van der Waals surface area contributed by atoms with Crippen molar-refractivity contribution in [2.45, 2.75) is 25.7 Å². The molecule has 150 valence electrons. The maximum Gasteiger partial charge on any atom is 0.321 e. The van der Waals surface area contributed by atoms with Gasteiger partial charge in [-0.1, -0.05) is 17.3 Å². The van der Waals surface area contributed by atoms with Crippen LogP contribution in [0.2, 0.25) is 0 Å². The van der Waals surface area contributed by atoms with Gasteiger partial charge in [0.25, 0.3) is 5.91 Å². The summed E-state index contributed by atoms with van der Waals surface area (Å²) < 4.78 is 5.50. The van der Waals surface area contributed by atoms with Crippen LogP contribution in [0.25, 0.3) is 11.0 Å². The number of rotatable bonds is 3. The van der Waals surface area contributed by atoms with Gasteiger partial charge in [0.15, 0.2) is 5.58 Å². The number of likely N-dealkylation sites (tertiary alicyclic amines) is 1. The highest BCUT2D eigenvalue weighted by molar-refractivity contribution is 5.96. The van der Waals surface area contributed by atoms with Gasteiger partial charge in [-0.05, 0) is 55.7 Å². The molecule has 0 aliphatic carbocycles. The van der Waals surface area contributed by atoms with Crippen LogP contribution in [0.1, 0.15) is 40.4 Å². The molecule has 1 saturated heterocycles. The van der Waals surface area contributed by atoms with Crippen molar-refractivity contribution in [2.24, 2.45) is 0 Å². The van der Waals surface area contributed by atoms with E-state index in [2.05, 4.69) is 27.9 Å². The van der Waals surface area contributed by atoms with E-state index in [1.165, 1.54) is 0 Å². The van der Waals surface area contributed by atoms with Crippen molar-refractivity contribution in [1.82, 2.24) is 15.4 Å². The lowest BCUT2D eigenvalue weighted by Gasteiger charge is -2.31. The number of piperidine rings is 1. The van der Waals surface area contributed by atoms with Crippen molar-refractivity contribution in [3.8, 4) is 0 Å². The van der Waals surface area contributed by atoms with E-state index in [-0.39, 0.29) is 17.9 Å². The molecule has 0 radical (unpaired) electrons. The fourth-order valence-electron chi connectivity index (χ4n) is 3.80. The molecule has 2 N–H and O–H groups in total. The molecule has 1 aliphatic heterocycles. The van der Waals surface area contributed by atoms with Crippen LogP contribution in [-0.2, 0) is 0 Å². The Hall–Kier alpha value is -3.35. The summed E-state index contributed by atoms with van der Waals surface area (Å²) in [5, 5.41) is 10.8. The summed E-state index contributed by atoms with van der Waals surface area (Å²) in [7, 11) is 1.58. The highest BCUT2D eigenvalue weighted by Crippen LogP contribution is 2.33. The van der Waals surface area contributed by atoms with E-state index >= 15 is 0 Å². The first-order chi connectivity index (χ1) is 14.0. The molecule has 1 aliphatic rings. The van der Waals surface area contributed by atoms with Crippen molar-refractivity contribution in [3.63, 3.8) is 0 Å². The summed E-state index contributed by atoms with van der Waals surface area (Å²) in [4.78, 5) is 26.2. The average molecular weight is 392 g/mol. The van der Waals surface area contributed by atoms with Gasteiger partial charge in [-0.2, -0.15) is 0 Å². The molecule has 7 nitrogen and oxygen atoms in total. The molecule has 2 aromatic carbocycles. The number of fused-ring (bicyclic) bond motifs is 1. The summed E-state index contributed by atoms with van der Waals surface area (Å²) in [6.45, 7) is 3.32. The Bertz CT molecular complexity index is 1050. The second-order valence-electron chi connectivity index (χ2n) is 7.42. The summed E-state index contributed by atoms with van der Waals surface area (Å²) in [6, 6.07) is 12.9. The van der Waals surface area contributed by atoms with E-state index in [1.807, 2.05) is 13.0 Å². The molecule has 0 spiro atoms. The van der Waals surface area contributed by atoms with Crippen molar-refractivity contribution in [2.75, 3.05) is 25.5 Å². The molecular weight excluding hydrogens is 368 g/mol. The van der Waals surface area contributed by atoms with Gasteiger partial charge in [0.2, 0.25) is 0 Å². The van der Waals surface area contributed by atoms with E-state index in [9.17, 15) is 9.59 Å². The Balaban J connectivity index is 1.39. The van der Waals surface area contributed by atoms with E-state index in [0.717, 1.165) is 35.1 Å². The summed E-state index contributed by atoms with van der Waals surface area (Å²) >= 11 is 0. The van der Waals surface area contributed by atoms with Gasteiger partial charge in [-0.15, -0.1) is 0 Å². The lowest BCUT2D eigenvalue weighted by atomic mass is 9.91. The van der Waals surface area contributed by atoms with Crippen LogP contribution >= 0.6 is 0 Å². The minimum atomic E-state index is -0.183. The number of carbonyl (C=O) groups excluding carboxylic acids is 2. The molecule has 1 aromatic heterocycles. The monoisotopic (exact) mass is 392 g/mol. The van der Waals surface area contributed by atoms with Gasteiger partial charge in [-0.25, -0.2) is 4.79 Å². The summed E-state index contributed by atoms with van der Waals surface area (Å²) in [5.74, 6) is 0.0940. The third kappa shape index (κ3) is 3.94. The van der Waals surface area contributed by atoms with Crippen LogP contribution < -0.4 is 10.6 Å². The van der Waals surface area contributed by atoms with E-state index in [1.54, 1.807) is 36.2 Å². The molecule has 2 heterocycles. The van der Waals surface area contributed by atoms with Crippen LogP contribution in [0.3, 0.4) is 0 Å². The Kier molecular flexibility index (Phi) is 5.20. The second-order valence-corrected chi connectivity index (χ2v) is 7.42. The Morgan fingerprint density at radius 1 is 1.14 bits per heavy atom. The zero-order chi connectivity index (χ0) is 20.4. The Morgan fingerprint density at radius 2 is 1.93 bits per heavy atom. The van der Waals surface area contributed by atoms with E-state index in [0.29, 0.717) is 24.3 Å². The third-order valence-electron chi connectivity index (χ3n) is 5.43. The quantitative estimate of drug-likeness (QED) is 0.707. The molecule has 0 atom stereocenters. The Labute approximate surface area is 169 Å². The minimum Gasteiger partial charge on any atom is -0.356 e. The smallest absolute Gasteiger partial charge is 0.321 e. The predicted molar refractivity (Wildman–Crippen MR) is 111 cm³/mol. The second kappa shape index (κ2) is 7.95. The molecule has 3 aromatic rings. The number of hydrogen-bond donors (Lipinski definition) is 2. The third-order valence-corrected chi connectivity index (χ3v) is 5.43. The molecule has 1 fully saturated rings. The van der Waals surface area contributed by atoms with Crippen molar-refractivity contribution >= 4 is 28.6 Å². The van der Waals surface area contributed by atoms with Crippen molar-refractivity contribution in [3.05, 3.63) is 59.3 Å². The van der Waals surface area contributed by atoms with Crippen LogP contribution in [0.15, 0.2) is 47.0 Å². The first-order valence-corrected chi connectivity index (χ1v) is 9.79. The predicted octanol–water partition coefficient (Wildman–Crippen LogP) is 3.91. The molecule has 0 saturated carbocycles. The van der Waals surface area contributed by atoms with E-state index in [4.69, 9.17) is 4.52 Å². The van der Waals surface area contributed by atoms with Gasteiger partial charge in [-0.3, -0.25) is 4.79 Å². The molecule has 29 heavy (non-hydrogen) atoms. The summed E-state index contributed by atoms with van der Waals surface area (Å²) in [6.07, 6.45) is 1.67. The number of aryl methyl sites for hydroxylation is 1. The summed E-state index contributed by atoms with van der Waals surface area (Å²) in [5.41, 5.74) is 4.06. The number of anilines is 1. The van der Waals surface area contributed by atoms with Crippen LogP contribution in [0.4, 0.5) is 10.5 Å². The lowest BCUT2D eigenvalue weighted by molar-refractivity contribution is 0.0963. The largest absolute Gasteiger partial charge is 0.356 e. The zero-order valence-corrected chi connectivity index (χ0v) is 16.6. The highest BCUT2D eigenvalue weighted by Gasteiger charge is 2.27. The molecule has 7 heteroatoms. The van der Waals surface area contributed by atoms with Gasteiger partial charge in [0.1, 0.15) is 0 Å². The molecule has 0 unspecified atom stereocenters. The number of urea groups is 1. The SMILES string of the molecule is CNC(=O)c1cccc(NC(=O)N2CCC(c3noc4cc(C)ccc34)CC2)c1. The van der Waals surface area contributed by atoms with Crippen LogP contribution in [0, 0.1) is 6.92 Å². The molecular formula is C22H24N4O3. The van der Waals surface area contributed by atoms with Gasteiger partial charge in [0.05, 0.1) is 5.69 Å². The zero-order valence-electron chi connectivity index (χ0n) is 16.6. The number of benzene rings is 2. The number of nitrogens with zero attached hydrogens (tertiary/aromatic N) is 2. The van der Waals surface area contributed by atoms with E-state index < -0.39 is 0 Å². The maximum absolute atomic E-state index is 12.6. The number of nitrogens with one attached hydrogen (secondary N) is 2. The van der Waals surface area contributed by atoms with Crippen LogP contribution in [0.5, 0.6) is 0 Å². The first kappa shape index (κ1) is 19.0. The molecule has 4 rings (SSSR count). The van der Waals surface area contributed by atoms with Crippen molar-refractivity contribution < 1.29 is 14.1 Å². The van der Waals surface area contributed by atoms with Crippen molar-refractivity contribution in [1.29, 1.82) is 0 Å². The standard InChI is InChI=1S/C22H24N4O3/c1-14-6-7-18-19(12-14)29-25-20(18)15-8-10-26(11-9-15)22(28)24-17-5-3-4-16(13-17)21(27)23-2/h3-7,12-13,15H,8-11H2,1-2H3,(H,23,27)(H,24,28).